The van der Waals surface area contributed by atoms with E-state index in [9.17, 15) is 24.3 Å². The summed E-state index contributed by atoms with van der Waals surface area (Å²) in [5, 5.41) is 15.0. The van der Waals surface area contributed by atoms with Gasteiger partial charge in [-0.1, -0.05) is 38.5 Å². The predicted molar refractivity (Wildman–Crippen MR) is 149 cm³/mol. The summed E-state index contributed by atoms with van der Waals surface area (Å²) in [7, 11) is 4.65. The van der Waals surface area contributed by atoms with Crippen LogP contribution in [0.1, 0.15) is 75.7 Å². The number of hydrogen-bond donors (Lipinski definition) is 3. The molecule has 0 radical (unpaired) electrons. The van der Waals surface area contributed by atoms with Gasteiger partial charge in [0, 0.05) is 14.1 Å². The molecule has 4 rings (SSSR count). The quantitative estimate of drug-likeness (QED) is 0.389. The summed E-state index contributed by atoms with van der Waals surface area (Å²) >= 11 is 0. The van der Waals surface area contributed by atoms with Gasteiger partial charge in [-0.25, -0.2) is 19.2 Å². The molecule has 0 atom stereocenters. The Morgan fingerprint density at radius 1 is 0.780 bits per heavy atom. The van der Waals surface area contributed by atoms with E-state index in [-0.39, 0.29) is 18.0 Å². The van der Waals surface area contributed by atoms with Crippen LogP contribution < -0.4 is 10.6 Å². The fraction of sp³-hybridized carbons (Fsp3) is 0.586. The van der Waals surface area contributed by atoms with Crippen LogP contribution in [-0.4, -0.2) is 71.2 Å². The smallest absolute Gasteiger partial charge is 0.331 e. The molecule has 2 aliphatic rings. The van der Waals surface area contributed by atoms with Crippen molar-refractivity contribution in [3.8, 4) is 0 Å². The Bertz CT molecular complexity index is 1120. The zero-order chi connectivity index (χ0) is 29.9. The molecule has 2 saturated carbocycles. The van der Waals surface area contributed by atoms with Crippen molar-refractivity contribution in [2.24, 2.45) is 0 Å². The number of ether oxygens (including phenoxy) is 1. The van der Waals surface area contributed by atoms with Crippen LogP contribution in [0.25, 0.3) is 0 Å². The van der Waals surface area contributed by atoms with Crippen molar-refractivity contribution < 1.29 is 37.9 Å². The zero-order valence-corrected chi connectivity index (χ0v) is 24.1. The average molecular weight is 575 g/mol. The summed E-state index contributed by atoms with van der Waals surface area (Å²) in [6.45, 7) is 0.671. The lowest BCUT2D eigenvalue weighted by atomic mass is 9.81. The van der Waals surface area contributed by atoms with Gasteiger partial charge in [0.2, 0.25) is 0 Å². The molecule has 0 aliphatic heterocycles. The van der Waals surface area contributed by atoms with Gasteiger partial charge < -0.3 is 39.1 Å². The molecule has 12 heteroatoms. The summed E-state index contributed by atoms with van der Waals surface area (Å²) < 4.78 is 15.3. The Balaban J connectivity index is 0.000000226. The molecule has 2 aromatic heterocycles. The molecule has 12 nitrogen and oxygen atoms in total. The molecule has 2 fully saturated rings. The number of amides is 4. The Morgan fingerprint density at radius 2 is 1.20 bits per heavy atom. The van der Waals surface area contributed by atoms with Crippen molar-refractivity contribution in [2.75, 3.05) is 21.2 Å². The second kappa shape index (κ2) is 14.6. The van der Waals surface area contributed by atoms with E-state index in [0.29, 0.717) is 50.3 Å². The molecule has 4 amide bonds. The first kappa shape index (κ1) is 31.6. The monoisotopic (exact) mass is 574 g/mol. The van der Waals surface area contributed by atoms with Crippen LogP contribution in [0, 0.1) is 0 Å². The third-order valence-electron chi connectivity index (χ3n) is 7.73. The summed E-state index contributed by atoms with van der Waals surface area (Å²) in [4.78, 5) is 51.0. The Morgan fingerprint density at radius 3 is 1.56 bits per heavy atom. The van der Waals surface area contributed by atoms with Gasteiger partial charge in [0.15, 0.2) is 0 Å². The van der Waals surface area contributed by atoms with Crippen LogP contribution >= 0.6 is 0 Å². The maximum Gasteiger partial charge on any atom is 0.331 e. The van der Waals surface area contributed by atoms with E-state index >= 15 is 0 Å². The van der Waals surface area contributed by atoms with Gasteiger partial charge in [-0.05, 0) is 49.9 Å². The molecule has 2 aromatic rings. The molecular formula is C29H42N4O8. The number of urea groups is 2. The fourth-order valence-electron chi connectivity index (χ4n) is 5.29. The summed E-state index contributed by atoms with van der Waals surface area (Å²) in [5.74, 6) is 0.0537. The van der Waals surface area contributed by atoms with Crippen molar-refractivity contribution in [2.45, 2.75) is 88.4 Å². The maximum atomic E-state index is 12.3. The lowest BCUT2D eigenvalue weighted by Gasteiger charge is -2.36. The van der Waals surface area contributed by atoms with E-state index in [4.69, 9.17) is 13.6 Å². The van der Waals surface area contributed by atoms with Crippen LogP contribution in [0.15, 0.2) is 45.6 Å². The van der Waals surface area contributed by atoms with E-state index in [2.05, 4.69) is 10.6 Å². The van der Waals surface area contributed by atoms with Gasteiger partial charge in [0.1, 0.15) is 22.6 Å². The zero-order valence-electron chi connectivity index (χ0n) is 24.1. The van der Waals surface area contributed by atoms with Crippen LogP contribution in [0.4, 0.5) is 9.59 Å². The van der Waals surface area contributed by atoms with Crippen molar-refractivity contribution in [1.29, 1.82) is 0 Å². The number of nitrogens with one attached hydrogen (secondary N) is 2. The highest BCUT2D eigenvalue weighted by atomic mass is 16.5. The molecule has 2 aliphatic carbocycles. The standard InChI is InChI=1S/C15H22N2O4.C14H20N2O4/c1-17(11-12-7-6-10-21-12)14(19)16-15(13(18)20-2)8-4-3-5-9-15;1-16(10-11-6-5-9-20-11)13(19)15-14(12(17)18)7-3-2-4-8-14/h6-7,10H,3-5,8-9,11H2,1-2H3,(H,16,19);5-6,9H,2-4,7-8,10H2,1H3,(H,15,19)(H,17,18). The molecular weight excluding hydrogens is 532 g/mol. The minimum atomic E-state index is -1.12. The first-order valence-corrected chi connectivity index (χ1v) is 14.0. The number of rotatable bonds is 8. The number of carbonyl (C=O) groups excluding carboxylic acids is 3. The van der Waals surface area contributed by atoms with Gasteiger partial charge in [-0.3, -0.25) is 0 Å². The highest BCUT2D eigenvalue weighted by molar-refractivity contribution is 5.87. The third-order valence-corrected chi connectivity index (χ3v) is 7.73. The number of carbonyl (C=O) groups is 4. The number of hydrogen-bond acceptors (Lipinski definition) is 7. The van der Waals surface area contributed by atoms with Gasteiger partial charge in [-0.15, -0.1) is 0 Å². The minimum absolute atomic E-state index is 0.293. The number of nitrogens with zero attached hydrogens (tertiary/aromatic N) is 2. The van der Waals surface area contributed by atoms with Gasteiger partial charge in [0.25, 0.3) is 0 Å². The normalized spacial score (nSPS) is 17.2. The highest BCUT2D eigenvalue weighted by Crippen LogP contribution is 2.30. The molecule has 0 bridgehead atoms. The number of furan rings is 2. The largest absolute Gasteiger partial charge is 0.480 e. The second-order valence-corrected chi connectivity index (χ2v) is 10.8. The van der Waals surface area contributed by atoms with Crippen molar-refractivity contribution in [3.05, 3.63) is 48.3 Å². The SMILES string of the molecule is CN(Cc1ccco1)C(=O)NC1(C(=O)O)CCCCC1.COC(=O)C1(NC(=O)N(C)Cc2ccco2)CCCCC1. The van der Waals surface area contributed by atoms with Gasteiger partial charge in [-0.2, -0.15) is 0 Å². The number of aliphatic carboxylic acids is 1. The van der Waals surface area contributed by atoms with E-state index in [1.165, 1.54) is 16.9 Å². The first-order valence-electron chi connectivity index (χ1n) is 14.0. The molecule has 226 valence electrons. The van der Waals surface area contributed by atoms with Crippen LogP contribution in [0.3, 0.4) is 0 Å². The number of carboxylic acids is 1. The topological polar surface area (TPSA) is 155 Å². The maximum absolute atomic E-state index is 12.3. The van der Waals surface area contributed by atoms with E-state index in [0.717, 1.165) is 38.5 Å². The van der Waals surface area contributed by atoms with E-state index in [1.54, 1.807) is 50.9 Å². The van der Waals surface area contributed by atoms with Crippen molar-refractivity contribution in [3.63, 3.8) is 0 Å². The Hall–Kier alpha value is -3.96. The molecule has 3 N–H and O–H groups in total. The van der Waals surface area contributed by atoms with Gasteiger partial charge in [0.05, 0.1) is 32.7 Å². The lowest BCUT2D eigenvalue weighted by Crippen LogP contribution is -2.58. The van der Waals surface area contributed by atoms with Crippen molar-refractivity contribution in [1.82, 2.24) is 20.4 Å². The number of carboxylic acid groups (broad SMARTS) is 1. The Kier molecular flexibility index (Phi) is 11.2. The van der Waals surface area contributed by atoms with Crippen molar-refractivity contribution >= 4 is 24.0 Å². The number of esters is 1. The predicted octanol–water partition coefficient (Wildman–Crippen LogP) is 4.51. The fourth-order valence-corrected chi connectivity index (χ4v) is 5.29. The van der Waals surface area contributed by atoms with Gasteiger partial charge >= 0.3 is 24.0 Å². The molecule has 0 saturated heterocycles. The molecule has 0 unspecified atom stereocenters. The second-order valence-electron chi connectivity index (χ2n) is 10.8. The van der Waals surface area contributed by atoms with Crippen LogP contribution in [0.2, 0.25) is 0 Å². The molecule has 41 heavy (non-hydrogen) atoms. The first-order chi connectivity index (χ1) is 19.6. The molecule has 0 aromatic carbocycles. The summed E-state index contributed by atoms with van der Waals surface area (Å²) in [6.07, 6.45) is 10.9. The third kappa shape index (κ3) is 8.51. The molecule has 2 heterocycles. The lowest BCUT2D eigenvalue weighted by molar-refractivity contribution is -0.149. The van der Waals surface area contributed by atoms with Crippen LogP contribution in [-0.2, 0) is 27.4 Å². The van der Waals surface area contributed by atoms with E-state index < -0.39 is 17.0 Å². The minimum Gasteiger partial charge on any atom is -0.480 e. The van der Waals surface area contributed by atoms with E-state index in [1.807, 2.05) is 0 Å². The average Bonchev–Trinajstić information content (AvgIpc) is 3.68. The summed E-state index contributed by atoms with van der Waals surface area (Å²) in [6, 6.07) is 6.43. The number of methoxy groups -OCH3 is 1. The Labute approximate surface area is 240 Å². The van der Waals surface area contributed by atoms with Crippen LogP contribution in [0.5, 0.6) is 0 Å². The highest BCUT2D eigenvalue weighted by Gasteiger charge is 2.43. The molecule has 0 spiro atoms. The summed E-state index contributed by atoms with van der Waals surface area (Å²) in [5.41, 5.74) is -2.01.